The van der Waals surface area contributed by atoms with E-state index in [1.54, 1.807) is 0 Å². The van der Waals surface area contributed by atoms with E-state index in [0.29, 0.717) is 5.31 Å². The van der Waals surface area contributed by atoms with Crippen molar-refractivity contribution in [1.82, 2.24) is 5.31 Å². The van der Waals surface area contributed by atoms with Gasteiger partial charge in [0.15, 0.2) is 1.41 Å². The summed E-state index contributed by atoms with van der Waals surface area (Å²) in [6.45, 7) is 0. The van der Waals surface area contributed by atoms with Crippen LogP contribution in [0.5, 0.6) is 0 Å². The number of carbonyl (C=O) groups is 2. The van der Waals surface area contributed by atoms with Crippen LogP contribution in [0, 0.1) is 0 Å². The highest BCUT2D eigenvalue weighted by Crippen LogP contribution is 2.06. The van der Waals surface area contributed by atoms with E-state index < -0.39 is 11.1 Å². The van der Waals surface area contributed by atoms with Crippen LogP contribution in [0.15, 0.2) is 0 Å². The summed E-state index contributed by atoms with van der Waals surface area (Å²) in [5, 5.41) is -0.0972. The maximum absolute atomic E-state index is 10.3. The molecule has 0 saturated carbocycles. The summed E-state index contributed by atoms with van der Waals surface area (Å²) in [6.07, 6.45) is 0. The summed E-state index contributed by atoms with van der Waals surface area (Å²) >= 11 is 0.863. The lowest BCUT2D eigenvalue weighted by Crippen LogP contribution is -2.18. The van der Waals surface area contributed by atoms with Crippen LogP contribution in [-0.4, -0.2) is 16.9 Å². The first kappa shape index (κ1) is 3.49. The minimum atomic E-state index is -0.477. The quantitative estimate of drug-likeness (QED) is 0.485. The molecule has 0 spiro atoms. The Bertz CT molecular complexity index is 132. The van der Waals surface area contributed by atoms with Gasteiger partial charge in [-0.05, 0) is 0 Å². The van der Waals surface area contributed by atoms with Crippen molar-refractivity contribution in [2.45, 2.75) is 0 Å². The van der Waals surface area contributed by atoms with Crippen molar-refractivity contribution < 1.29 is 11.0 Å². The molecule has 7 heavy (non-hydrogen) atoms. The van der Waals surface area contributed by atoms with Crippen molar-refractivity contribution in [3.05, 3.63) is 0 Å². The van der Waals surface area contributed by atoms with E-state index in [2.05, 4.69) is 0 Å². The number of nitrogens with one attached hydrogen (secondary N) is 1. The van der Waals surface area contributed by atoms with Crippen LogP contribution in [0.25, 0.3) is 0 Å². The van der Waals surface area contributed by atoms with Crippen LogP contribution in [-0.2, 0) is 4.79 Å². The zero-order valence-electron chi connectivity index (χ0n) is 4.38. The van der Waals surface area contributed by atoms with E-state index in [9.17, 15) is 9.59 Å². The first-order valence-corrected chi connectivity index (χ1v) is 2.69. The van der Waals surface area contributed by atoms with Gasteiger partial charge >= 0.3 is 0 Å². The molecular weight excluding hydrogens is 114 g/mol. The zero-order chi connectivity index (χ0) is 6.15. The summed E-state index contributed by atoms with van der Waals surface area (Å²) in [7, 11) is 0. The Balaban J connectivity index is 2.70. The molecule has 0 radical (unpaired) electrons. The second-order valence-corrected chi connectivity index (χ2v) is 1.99. The Morgan fingerprint density at radius 3 is 2.71 bits per heavy atom. The number of imide groups is 1. The minimum Gasteiger partial charge on any atom is -0.286 e. The zero-order valence-corrected chi connectivity index (χ0v) is 4.20. The third-order valence-electron chi connectivity index (χ3n) is 0.535. The van der Waals surface area contributed by atoms with Gasteiger partial charge in [-0.25, -0.2) is 0 Å². The van der Waals surface area contributed by atoms with Gasteiger partial charge in [0.25, 0.3) is 5.24 Å². The van der Waals surface area contributed by atoms with Crippen LogP contribution >= 0.6 is 11.8 Å². The summed E-state index contributed by atoms with van der Waals surface area (Å²) in [5.41, 5.74) is 0. The molecule has 0 aromatic rings. The Morgan fingerprint density at radius 1 is 1.86 bits per heavy atom. The molecule has 1 saturated heterocycles. The fourth-order valence-electron chi connectivity index (χ4n) is 0.290. The van der Waals surface area contributed by atoms with Gasteiger partial charge < -0.3 is 0 Å². The molecule has 1 aliphatic heterocycles. The van der Waals surface area contributed by atoms with E-state index in [4.69, 9.17) is 1.41 Å². The molecule has 1 N–H and O–H groups in total. The number of carbonyl (C=O) groups excluding carboxylic acids is 2. The van der Waals surface area contributed by atoms with E-state index in [1.807, 2.05) is 0 Å². The van der Waals surface area contributed by atoms with Crippen molar-refractivity contribution in [2.24, 2.45) is 0 Å². The lowest BCUT2D eigenvalue weighted by Gasteiger charge is -1.77. The minimum absolute atomic E-state index is 0.127. The van der Waals surface area contributed by atoms with Crippen LogP contribution in [0.4, 0.5) is 4.79 Å². The van der Waals surface area contributed by atoms with Crippen LogP contribution in [0.1, 0.15) is 0 Å². The molecule has 0 bridgehead atoms. The fourth-order valence-corrected chi connectivity index (χ4v) is 0.768. The predicted molar refractivity (Wildman–Crippen MR) is 26.0 cm³/mol. The van der Waals surface area contributed by atoms with Crippen molar-refractivity contribution in [1.29, 1.82) is 0 Å². The van der Waals surface area contributed by atoms with Crippen LogP contribution in [0.3, 0.4) is 0 Å². The van der Waals surface area contributed by atoms with E-state index >= 15 is 0 Å². The van der Waals surface area contributed by atoms with Gasteiger partial charge in [-0.15, -0.1) is 0 Å². The molecule has 1 aliphatic rings. The molecule has 0 aromatic carbocycles. The maximum Gasteiger partial charge on any atom is 0.286 e. The van der Waals surface area contributed by atoms with E-state index in [0.717, 1.165) is 11.8 Å². The number of hydrogen-bond donors (Lipinski definition) is 1. The van der Waals surface area contributed by atoms with Crippen LogP contribution < -0.4 is 5.31 Å². The summed E-state index contributed by atoms with van der Waals surface area (Å²) in [4.78, 5) is 20.5. The smallest absolute Gasteiger partial charge is 0.286 e. The van der Waals surface area contributed by atoms with Gasteiger partial charge in [-0.1, -0.05) is 11.8 Å². The molecule has 1 heterocycles. The third kappa shape index (κ3) is 0.928. The van der Waals surface area contributed by atoms with Crippen molar-refractivity contribution in [3.63, 3.8) is 0 Å². The molecule has 0 aliphatic carbocycles. The number of thioether (sulfide) groups is 1. The molecule has 3 nitrogen and oxygen atoms in total. The maximum atomic E-state index is 10.3. The Hall–Kier alpha value is -0.510. The standard InChI is InChI=1S/C3H3NO2S/c5-2-1-7-3(6)4-2/h1H2,(H,4,5,6)/i/hD. The highest BCUT2D eigenvalue weighted by atomic mass is 32.2. The Labute approximate surface area is 45.9 Å². The first-order chi connectivity index (χ1) is 3.72. The van der Waals surface area contributed by atoms with Gasteiger partial charge in [0.1, 0.15) is 0 Å². The molecule has 0 unspecified atom stereocenters. The highest BCUT2D eigenvalue weighted by Gasteiger charge is 2.16. The first-order valence-electron chi connectivity index (χ1n) is 2.15. The third-order valence-corrected chi connectivity index (χ3v) is 1.26. The largest absolute Gasteiger partial charge is 0.286 e. The Kier molecular flexibility index (Phi) is 0.765. The van der Waals surface area contributed by atoms with E-state index in [-0.39, 0.29) is 5.75 Å². The average Bonchev–Trinajstić information content (AvgIpc) is 1.98. The number of amides is 2. The predicted octanol–water partition coefficient (Wildman–Crippen LogP) is -0.0306. The molecule has 4 heteroatoms. The summed E-state index contributed by atoms with van der Waals surface area (Å²) in [5.74, 6) is -0.303. The normalized spacial score (nSPS) is 23.4. The van der Waals surface area contributed by atoms with Gasteiger partial charge in [0.05, 0.1) is 5.75 Å². The lowest BCUT2D eigenvalue weighted by molar-refractivity contribution is -0.117. The van der Waals surface area contributed by atoms with Crippen LogP contribution in [0.2, 0.25) is 1.41 Å². The second-order valence-electron chi connectivity index (χ2n) is 1.06. The van der Waals surface area contributed by atoms with Gasteiger partial charge in [-0.2, -0.15) is 0 Å². The topological polar surface area (TPSA) is 46.2 Å². The molecule has 38 valence electrons. The monoisotopic (exact) mass is 118 g/mol. The molecular formula is C3H3NO2S. The summed E-state index contributed by atoms with van der Waals surface area (Å²) < 4.78 is 6.66. The summed E-state index contributed by atoms with van der Waals surface area (Å²) in [6, 6.07) is 0. The van der Waals surface area contributed by atoms with Gasteiger partial charge in [-0.3, -0.25) is 14.9 Å². The highest BCUT2D eigenvalue weighted by molar-refractivity contribution is 8.14. The van der Waals surface area contributed by atoms with Gasteiger partial charge in [0, 0.05) is 0 Å². The molecule has 1 rings (SSSR count). The Morgan fingerprint density at radius 2 is 2.57 bits per heavy atom. The molecule has 2 amide bonds. The van der Waals surface area contributed by atoms with E-state index in [1.165, 1.54) is 0 Å². The fraction of sp³-hybridized carbons (Fsp3) is 0.333. The lowest BCUT2D eigenvalue weighted by atomic mass is 10.7. The van der Waals surface area contributed by atoms with Gasteiger partial charge in [0.2, 0.25) is 5.91 Å². The number of rotatable bonds is 0. The van der Waals surface area contributed by atoms with Crippen molar-refractivity contribution in [2.75, 3.05) is 5.75 Å². The SMILES string of the molecule is [2H]N1C(=O)CSC1=O. The molecule has 1 fully saturated rings. The second kappa shape index (κ2) is 1.54. The average molecular weight is 118 g/mol. The van der Waals surface area contributed by atoms with Crippen molar-refractivity contribution in [3.8, 4) is 0 Å². The molecule has 0 aromatic heterocycles. The number of hydrogen-bond acceptors (Lipinski definition) is 3. The van der Waals surface area contributed by atoms with Crippen molar-refractivity contribution >= 4 is 22.9 Å². The molecule has 0 atom stereocenters.